The molecule has 0 N–H and O–H groups in total. The lowest BCUT2D eigenvalue weighted by molar-refractivity contribution is 1.07. The molecule has 294 valence electrons. The molecule has 0 bridgehead atoms. The van der Waals surface area contributed by atoms with Crippen LogP contribution >= 0.6 is 11.3 Å². The van der Waals surface area contributed by atoms with Gasteiger partial charge in [0.25, 0.3) is 0 Å². The smallest absolute Gasteiger partial charge is 0.164 e. The molecule has 0 unspecified atom stereocenters. The Labute approximate surface area is 368 Å². The lowest BCUT2D eigenvalue weighted by atomic mass is 9.92. The third kappa shape index (κ3) is 6.63. The van der Waals surface area contributed by atoms with E-state index in [1.807, 2.05) is 72.0 Å². The highest BCUT2D eigenvalue weighted by Crippen LogP contribution is 2.45. The van der Waals surface area contributed by atoms with Gasteiger partial charge in [0.15, 0.2) is 17.5 Å². The molecule has 0 aliphatic heterocycles. The van der Waals surface area contributed by atoms with Crippen LogP contribution in [0.2, 0.25) is 0 Å². The molecule has 0 fully saturated rings. The first kappa shape index (κ1) is 36.7. The molecule has 9 aromatic carbocycles. The average Bonchev–Trinajstić information content (AvgIpc) is 3.76. The van der Waals surface area contributed by atoms with Gasteiger partial charge in [0.05, 0.1) is 11.2 Å². The summed E-state index contributed by atoms with van der Waals surface area (Å²) >= 11 is 1.86. The van der Waals surface area contributed by atoms with Gasteiger partial charge in [-0.3, -0.25) is 0 Å². The van der Waals surface area contributed by atoms with Gasteiger partial charge in [-0.2, -0.15) is 0 Å². The van der Waals surface area contributed by atoms with Crippen molar-refractivity contribution in [2.45, 2.75) is 0 Å². The van der Waals surface area contributed by atoms with Crippen molar-refractivity contribution in [3.8, 4) is 78.8 Å². The van der Waals surface area contributed by atoms with E-state index in [1.165, 1.54) is 30.9 Å². The van der Waals surface area contributed by atoms with Crippen molar-refractivity contribution < 1.29 is 0 Å². The summed E-state index contributed by atoms with van der Waals surface area (Å²) in [6.45, 7) is 0. The molecule has 0 saturated carbocycles. The zero-order valence-corrected chi connectivity index (χ0v) is 34.8. The number of para-hydroxylation sites is 1. The molecule has 0 aliphatic carbocycles. The maximum atomic E-state index is 5.54. The lowest BCUT2D eigenvalue weighted by Gasteiger charge is -2.15. The summed E-state index contributed by atoms with van der Waals surface area (Å²) in [5, 5.41) is 6.17. The number of rotatable bonds is 7. The number of hydrogen-bond donors (Lipinski definition) is 0. The minimum atomic E-state index is 0.633. The van der Waals surface area contributed by atoms with Gasteiger partial charge < -0.3 is 0 Å². The second-order valence-corrected chi connectivity index (χ2v) is 16.9. The van der Waals surface area contributed by atoms with Crippen molar-refractivity contribution in [2.75, 3.05) is 0 Å². The minimum Gasteiger partial charge on any atom is -0.246 e. The van der Waals surface area contributed by atoms with E-state index in [9.17, 15) is 0 Å². The third-order valence-corrected chi connectivity index (χ3v) is 13.0. The van der Waals surface area contributed by atoms with Crippen molar-refractivity contribution in [2.24, 2.45) is 0 Å². The highest BCUT2D eigenvalue weighted by atomic mass is 32.1. The number of thiophene rings is 1. The summed E-state index contributed by atoms with van der Waals surface area (Å²) in [5.41, 5.74) is 12.6. The fraction of sp³-hybridized carbons (Fsp3) is 0. The summed E-state index contributed by atoms with van der Waals surface area (Å²) in [6.07, 6.45) is 0. The number of fused-ring (bicyclic) bond motifs is 7. The fourth-order valence-electron chi connectivity index (χ4n) is 8.90. The Morgan fingerprint density at radius 3 is 1.37 bits per heavy atom. The molecular weight excluding hydrogens is 785 g/mol. The van der Waals surface area contributed by atoms with Crippen LogP contribution < -0.4 is 0 Å². The number of nitrogens with zero attached hydrogens (tertiary/aromatic N) is 4. The summed E-state index contributed by atoms with van der Waals surface area (Å²) in [7, 11) is 0. The van der Waals surface area contributed by atoms with E-state index in [1.54, 1.807) is 0 Å². The van der Waals surface area contributed by atoms with Crippen LogP contribution in [0, 0.1) is 0 Å². The zero-order valence-electron chi connectivity index (χ0n) is 34.0. The molecule has 0 spiro atoms. The first-order valence-corrected chi connectivity index (χ1v) is 21.9. The van der Waals surface area contributed by atoms with Crippen LogP contribution in [-0.4, -0.2) is 19.9 Å². The molecule has 0 atom stereocenters. The van der Waals surface area contributed by atoms with E-state index < -0.39 is 0 Å². The van der Waals surface area contributed by atoms with Gasteiger partial charge in [-0.15, -0.1) is 11.3 Å². The molecule has 63 heavy (non-hydrogen) atoms. The molecular formula is C58H36N4S. The quantitative estimate of drug-likeness (QED) is 0.150. The van der Waals surface area contributed by atoms with Crippen molar-refractivity contribution in [1.82, 2.24) is 19.9 Å². The minimum absolute atomic E-state index is 0.633. The highest BCUT2D eigenvalue weighted by Gasteiger charge is 2.19. The Balaban J connectivity index is 0.963. The summed E-state index contributed by atoms with van der Waals surface area (Å²) in [6, 6.07) is 76.9. The van der Waals surface area contributed by atoms with Gasteiger partial charge in [0, 0.05) is 64.1 Å². The van der Waals surface area contributed by atoms with E-state index in [4.69, 9.17) is 19.9 Å². The molecule has 3 heterocycles. The van der Waals surface area contributed by atoms with E-state index in [0.29, 0.717) is 17.5 Å². The van der Waals surface area contributed by atoms with E-state index in [0.717, 1.165) is 72.2 Å². The van der Waals surface area contributed by atoms with Crippen molar-refractivity contribution in [3.63, 3.8) is 0 Å². The largest absolute Gasteiger partial charge is 0.246 e. The van der Waals surface area contributed by atoms with E-state index in [2.05, 4.69) is 158 Å². The molecule has 3 aromatic heterocycles. The van der Waals surface area contributed by atoms with Gasteiger partial charge in [0.2, 0.25) is 0 Å². The lowest BCUT2D eigenvalue weighted by Crippen LogP contribution is -2.00. The zero-order chi connectivity index (χ0) is 41.7. The maximum Gasteiger partial charge on any atom is 0.164 e. The summed E-state index contributed by atoms with van der Waals surface area (Å²) < 4.78 is 2.58. The van der Waals surface area contributed by atoms with Crippen LogP contribution in [0.3, 0.4) is 0 Å². The number of aromatic nitrogens is 4. The maximum absolute atomic E-state index is 5.54. The van der Waals surface area contributed by atoms with Crippen molar-refractivity contribution in [3.05, 3.63) is 218 Å². The van der Waals surface area contributed by atoms with Gasteiger partial charge in [-0.1, -0.05) is 188 Å². The Morgan fingerprint density at radius 1 is 0.270 bits per heavy atom. The van der Waals surface area contributed by atoms with Crippen LogP contribution in [0.1, 0.15) is 0 Å². The second kappa shape index (κ2) is 15.4. The molecule has 12 aromatic rings. The first-order valence-electron chi connectivity index (χ1n) is 21.1. The molecule has 5 heteroatoms. The van der Waals surface area contributed by atoms with E-state index >= 15 is 0 Å². The third-order valence-electron chi connectivity index (χ3n) is 11.9. The monoisotopic (exact) mass is 820 g/mol. The molecule has 4 nitrogen and oxygen atoms in total. The van der Waals surface area contributed by atoms with Crippen molar-refractivity contribution in [1.29, 1.82) is 0 Å². The average molecular weight is 821 g/mol. The number of benzene rings is 9. The van der Waals surface area contributed by atoms with Crippen LogP contribution in [0.5, 0.6) is 0 Å². The molecule has 12 rings (SSSR count). The molecule has 0 amide bonds. The summed E-state index contributed by atoms with van der Waals surface area (Å²) in [4.78, 5) is 20.4. The Kier molecular flexibility index (Phi) is 8.98. The second-order valence-electron chi connectivity index (χ2n) is 15.8. The predicted octanol–water partition coefficient (Wildman–Crippen LogP) is 15.6. The van der Waals surface area contributed by atoms with Crippen molar-refractivity contribution >= 4 is 53.2 Å². The molecule has 0 radical (unpaired) electrons. The Hall–Kier alpha value is -8.12. The van der Waals surface area contributed by atoms with Gasteiger partial charge >= 0.3 is 0 Å². The van der Waals surface area contributed by atoms with Gasteiger partial charge in [-0.05, 0) is 58.1 Å². The van der Waals surface area contributed by atoms with Gasteiger partial charge in [0.1, 0.15) is 0 Å². The fourth-order valence-corrected chi connectivity index (χ4v) is 10.0. The van der Waals surface area contributed by atoms with Gasteiger partial charge in [-0.25, -0.2) is 19.9 Å². The number of pyridine rings is 1. The van der Waals surface area contributed by atoms with E-state index in [-0.39, 0.29) is 0 Å². The van der Waals surface area contributed by atoms with Crippen LogP contribution in [0.15, 0.2) is 218 Å². The topological polar surface area (TPSA) is 51.6 Å². The normalized spacial score (nSPS) is 11.5. The first-order chi connectivity index (χ1) is 31.2. The Morgan fingerprint density at radius 2 is 0.730 bits per heavy atom. The SMILES string of the molecule is c1ccc(-c2nc(-c3ccccc3)nc(-c3cccc(-c4cccc(-c5cccc(-c6cccc7c6nc(-c6ccccc6)c6ccc8sc9ccccc9c8c67)c5)c4)c3)n2)cc1. The standard InChI is InChI=1S/C58H36N4S/c1-4-16-37(17-5-1)54-49-32-33-51-53(47-28-10-11-31-50(47)63-51)52(49)48-30-15-29-46(55(48)59-54)44-26-13-24-42(35-44)40-22-12-23-41(34-40)43-25-14-27-45(36-43)58-61-56(38-18-6-2-7-19-38)60-57(62-58)39-20-8-3-9-21-39/h1-36H. The number of hydrogen-bond acceptors (Lipinski definition) is 5. The summed E-state index contributed by atoms with van der Waals surface area (Å²) in [5.74, 6) is 1.92. The Bertz CT molecular complexity index is 3620. The predicted molar refractivity (Wildman–Crippen MR) is 264 cm³/mol. The van der Waals surface area contributed by atoms with Crippen LogP contribution in [0.25, 0.3) is 121 Å². The molecule has 0 saturated heterocycles. The van der Waals surface area contributed by atoms with Crippen LogP contribution in [-0.2, 0) is 0 Å². The highest BCUT2D eigenvalue weighted by molar-refractivity contribution is 7.26. The molecule has 0 aliphatic rings. The van der Waals surface area contributed by atoms with Crippen LogP contribution in [0.4, 0.5) is 0 Å².